The molecule has 0 saturated carbocycles. The lowest BCUT2D eigenvalue weighted by Crippen LogP contribution is -2.56. The topological polar surface area (TPSA) is 52.6 Å². The quantitative estimate of drug-likeness (QED) is 0.607. The molecule has 1 saturated heterocycles. The zero-order valence-corrected chi connectivity index (χ0v) is 8.29. The minimum absolute atomic E-state index is 0.0205. The predicted molar refractivity (Wildman–Crippen MR) is 50.3 cm³/mol. The number of carbonyl (C=O) groups is 1. The highest BCUT2D eigenvalue weighted by Crippen LogP contribution is 2.08. The van der Waals surface area contributed by atoms with Crippen LogP contribution in [0.4, 0.5) is 0 Å². The van der Waals surface area contributed by atoms with E-state index < -0.39 is 0 Å². The highest BCUT2D eigenvalue weighted by atomic mass is 16.3. The maximum atomic E-state index is 11.7. The summed E-state index contributed by atoms with van der Waals surface area (Å²) in [5, 5.41) is 12.2. The van der Waals surface area contributed by atoms with E-state index in [1.54, 1.807) is 4.90 Å². The van der Waals surface area contributed by atoms with Gasteiger partial charge in [0.15, 0.2) is 0 Å². The van der Waals surface area contributed by atoms with Crippen LogP contribution in [0.5, 0.6) is 0 Å². The molecule has 0 unspecified atom stereocenters. The molecule has 13 heavy (non-hydrogen) atoms. The number of aliphatic hydroxyl groups excluding tert-OH is 1. The van der Waals surface area contributed by atoms with Gasteiger partial charge >= 0.3 is 0 Å². The second-order valence-corrected chi connectivity index (χ2v) is 3.73. The van der Waals surface area contributed by atoms with Crippen LogP contribution in [0.15, 0.2) is 0 Å². The summed E-state index contributed by atoms with van der Waals surface area (Å²) >= 11 is 0. The van der Waals surface area contributed by atoms with Crippen molar-refractivity contribution in [3.63, 3.8) is 0 Å². The predicted octanol–water partition coefficient (Wildman–Crippen LogP) is -0.565. The fourth-order valence-electron chi connectivity index (χ4n) is 1.55. The minimum Gasteiger partial charge on any atom is -0.394 e. The third-order valence-corrected chi connectivity index (χ3v) is 2.34. The molecule has 4 heteroatoms. The van der Waals surface area contributed by atoms with Crippen LogP contribution in [-0.4, -0.2) is 48.2 Å². The summed E-state index contributed by atoms with van der Waals surface area (Å²) in [6.45, 7) is 6.06. The summed E-state index contributed by atoms with van der Waals surface area (Å²) in [4.78, 5) is 13.4. The number of aliphatic hydroxyl groups is 1. The molecule has 0 aromatic heterocycles. The standard InChI is InChI=1S/C9H18N2O2/c1-7(2)9(13)11-4-3-10-5-8(11)6-12/h7-8,10,12H,3-6H2,1-2H3/t8-/m1/s1. The molecule has 1 aliphatic heterocycles. The van der Waals surface area contributed by atoms with E-state index in [4.69, 9.17) is 5.11 Å². The first kappa shape index (κ1) is 10.5. The average molecular weight is 186 g/mol. The van der Waals surface area contributed by atoms with E-state index in [0.717, 1.165) is 6.54 Å². The number of hydrogen-bond acceptors (Lipinski definition) is 3. The highest BCUT2D eigenvalue weighted by molar-refractivity contribution is 5.78. The van der Waals surface area contributed by atoms with E-state index >= 15 is 0 Å². The first-order valence-corrected chi connectivity index (χ1v) is 4.79. The molecule has 0 aromatic carbocycles. The lowest BCUT2D eigenvalue weighted by Gasteiger charge is -2.36. The molecule has 2 N–H and O–H groups in total. The average Bonchev–Trinajstić information content (AvgIpc) is 2.16. The van der Waals surface area contributed by atoms with E-state index in [-0.39, 0.29) is 24.5 Å². The van der Waals surface area contributed by atoms with Crippen LogP contribution in [-0.2, 0) is 4.79 Å². The molecule has 1 heterocycles. The molecule has 76 valence electrons. The van der Waals surface area contributed by atoms with Crippen molar-refractivity contribution in [1.29, 1.82) is 0 Å². The fraction of sp³-hybridized carbons (Fsp3) is 0.889. The van der Waals surface area contributed by atoms with Crippen LogP contribution < -0.4 is 5.32 Å². The Morgan fingerprint density at radius 1 is 1.69 bits per heavy atom. The van der Waals surface area contributed by atoms with Crippen molar-refractivity contribution in [2.75, 3.05) is 26.2 Å². The van der Waals surface area contributed by atoms with E-state index in [1.807, 2.05) is 13.8 Å². The van der Waals surface area contributed by atoms with E-state index in [9.17, 15) is 4.79 Å². The second-order valence-electron chi connectivity index (χ2n) is 3.73. The Hall–Kier alpha value is -0.610. The highest BCUT2D eigenvalue weighted by Gasteiger charge is 2.26. The number of nitrogens with one attached hydrogen (secondary N) is 1. The number of rotatable bonds is 2. The first-order chi connectivity index (χ1) is 6.16. The van der Waals surface area contributed by atoms with E-state index in [1.165, 1.54) is 0 Å². The Morgan fingerprint density at radius 2 is 2.38 bits per heavy atom. The molecule has 0 aromatic rings. The lowest BCUT2D eigenvalue weighted by atomic mass is 10.1. The number of amides is 1. The van der Waals surface area contributed by atoms with Gasteiger partial charge in [-0.2, -0.15) is 0 Å². The molecular formula is C9H18N2O2. The van der Waals surface area contributed by atoms with Crippen molar-refractivity contribution >= 4 is 5.91 Å². The zero-order chi connectivity index (χ0) is 9.84. The van der Waals surface area contributed by atoms with Gasteiger partial charge in [-0.25, -0.2) is 0 Å². The number of carbonyl (C=O) groups excluding carboxylic acids is 1. The van der Waals surface area contributed by atoms with Crippen LogP contribution >= 0.6 is 0 Å². The summed E-state index contributed by atoms with van der Waals surface area (Å²) in [6, 6.07) is -0.0383. The van der Waals surface area contributed by atoms with Gasteiger partial charge in [0.25, 0.3) is 0 Å². The van der Waals surface area contributed by atoms with Crippen molar-refractivity contribution in [3.05, 3.63) is 0 Å². The lowest BCUT2D eigenvalue weighted by molar-refractivity contribution is -0.138. The number of piperazine rings is 1. The molecule has 1 atom stereocenters. The van der Waals surface area contributed by atoms with Gasteiger partial charge in [0, 0.05) is 25.6 Å². The fourth-order valence-corrected chi connectivity index (χ4v) is 1.55. The van der Waals surface area contributed by atoms with Crippen molar-refractivity contribution in [2.24, 2.45) is 5.92 Å². The van der Waals surface area contributed by atoms with E-state index in [0.29, 0.717) is 13.1 Å². The van der Waals surface area contributed by atoms with Crippen LogP contribution in [0.1, 0.15) is 13.8 Å². The van der Waals surface area contributed by atoms with Crippen LogP contribution in [0, 0.1) is 5.92 Å². The van der Waals surface area contributed by atoms with Gasteiger partial charge in [-0.05, 0) is 0 Å². The SMILES string of the molecule is CC(C)C(=O)N1CCNC[C@@H]1CO. The summed E-state index contributed by atoms with van der Waals surface area (Å²) < 4.78 is 0. The molecule has 0 aliphatic carbocycles. The molecule has 1 fully saturated rings. The van der Waals surface area contributed by atoms with Crippen molar-refractivity contribution in [2.45, 2.75) is 19.9 Å². The maximum Gasteiger partial charge on any atom is 0.225 e. The molecular weight excluding hydrogens is 168 g/mol. The van der Waals surface area contributed by atoms with E-state index in [2.05, 4.69) is 5.32 Å². The molecule has 0 bridgehead atoms. The van der Waals surface area contributed by atoms with Crippen LogP contribution in [0.25, 0.3) is 0 Å². The van der Waals surface area contributed by atoms with Gasteiger partial charge in [-0.1, -0.05) is 13.8 Å². The molecule has 1 amide bonds. The zero-order valence-electron chi connectivity index (χ0n) is 8.29. The largest absolute Gasteiger partial charge is 0.394 e. The number of nitrogens with zero attached hydrogens (tertiary/aromatic N) is 1. The van der Waals surface area contributed by atoms with Gasteiger partial charge in [-0.3, -0.25) is 4.79 Å². The molecule has 0 spiro atoms. The Kier molecular flexibility index (Phi) is 3.69. The molecule has 1 aliphatic rings. The molecule has 0 radical (unpaired) electrons. The van der Waals surface area contributed by atoms with Gasteiger partial charge in [0.2, 0.25) is 5.91 Å². The Labute approximate surface area is 78.9 Å². The smallest absolute Gasteiger partial charge is 0.225 e. The van der Waals surface area contributed by atoms with Gasteiger partial charge in [0.1, 0.15) is 0 Å². The third kappa shape index (κ3) is 2.42. The van der Waals surface area contributed by atoms with Crippen molar-refractivity contribution in [3.8, 4) is 0 Å². The van der Waals surface area contributed by atoms with Gasteiger partial charge < -0.3 is 15.3 Å². The van der Waals surface area contributed by atoms with Crippen molar-refractivity contribution < 1.29 is 9.90 Å². The minimum atomic E-state index is -0.0383. The Morgan fingerprint density at radius 3 is 2.92 bits per heavy atom. The maximum absolute atomic E-state index is 11.7. The normalized spacial score (nSPS) is 23.7. The Bertz CT molecular complexity index is 182. The number of hydrogen-bond donors (Lipinski definition) is 2. The van der Waals surface area contributed by atoms with Crippen LogP contribution in [0.3, 0.4) is 0 Å². The Balaban J connectivity index is 2.58. The van der Waals surface area contributed by atoms with Crippen LogP contribution in [0.2, 0.25) is 0 Å². The summed E-state index contributed by atoms with van der Waals surface area (Å²) in [6.07, 6.45) is 0. The first-order valence-electron chi connectivity index (χ1n) is 4.79. The monoisotopic (exact) mass is 186 g/mol. The molecule has 4 nitrogen and oxygen atoms in total. The molecule has 1 rings (SSSR count). The van der Waals surface area contributed by atoms with Gasteiger partial charge in [-0.15, -0.1) is 0 Å². The third-order valence-electron chi connectivity index (χ3n) is 2.34. The summed E-state index contributed by atoms with van der Waals surface area (Å²) in [5.74, 6) is 0.160. The summed E-state index contributed by atoms with van der Waals surface area (Å²) in [5.41, 5.74) is 0. The summed E-state index contributed by atoms with van der Waals surface area (Å²) in [7, 11) is 0. The van der Waals surface area contributed by atoms with Gasteiger partial charge in [0.05, 0.1) is 12.6 Å². The second kappa shape index (κ2) is 4.58. The van der Waals surface area contributed by atoms with Crippen molar-refractivity contribution in [1.82, 2.24) is 10.2 Å².